The maximum atomic E-state index is 6.23. The zero-order chi connectivity index (χ0) is 14.0. The molecule has 2 aliphatic rings. The lowest BCUT2D eigenvalue weighted by Gasteiger charge is -2.46. The average Bonchev–Trinajstić information content (AvgIpc) is 2.93. The summed E-state index contributed by atoms with van der Waals surface area (Å²) in [5.74, 6) is 0.949. The van der Waals surface area contributed by atoms with Crippen molar-refractivity contribution in [3.8, 4) is 0 Å². The van der Waals surface area contributed by atoms with Crippen molar-refractivity contribution in [1.29, 1.82) is 0 Å². The highest BCUT2D eigenvalue weighted by atomic mass is 15.2. The molecular weight excluding hydrogens is 244 g/mol. The van der Waals surface area contributed by atoms with Gasteiger partial charge in [-0.1, -0.05) is 44.0 Å². The lowest BCUT2D eigenvalue weighted by Crippen LogP contribution is -2.53. The summed E-state index contributed by atoms with van der Waals surface area (Å²) in [4.78, 5) is 2.67. The maximum Gasteiger partial charge on any atom is 0.0339 e. The molecule has 3 rings (SSSR count). The molecule has 20 heavy (non-hydrogen) atoms. The molecule has 2 N–H and O–H groups in total. The Hall–Kier alpha value is -0.860. The second-order valence-electron chi connectivity index (χ2n) is 6.79. The van der Waals surface area contributed by atoms with Gasteiger partial charge in [-0.2, -0.15) is 0 Å². The fourth-order valence-electron chi connectivity index (χ4n) is 4.23. The normalized spacial score (nSPS) is 30.4. The second kappa shape index (κ2) is 5.87. The summed E-state index contributed by atoms with van der Waals surface area (Å²) in [6.45, 7) is 5.33. The summed E-state index contributed by atoms with van der Waals surface area (Å²) in [7, 11) is 0. The first-order valence-corrected chi connectivity index (χ1v) is 8.29. The SMILES string of the molecule is CCCC1CCC(CN)(N2Cc3ccccc3C2)CC1. The quantitative estimate of drug-likeness (QED) is 0.905. The molecule has 1 aromatic carbocycles. The summed E-state index contributed by atoms with van der Waals surface area (Å²) in [6.07, 6.45) is 8.07. The van der Waals surface area contributed by atoms with Crippen LogP contribution < -0.4 is 5.73 Å². The maximum absolute atomic E-state index is 6.23. The summed E-state index contributed by atoms with van der Waals surface area (Å²) < 4.78 is 0. The van der Waals surface area contributed by atoms with E-state index in [0.717, 1.165) is 25.6 Å². The minimum Gasteiger partial charge on any atom is -0.329 e. The van der Waals surface area contributed by atoms with E-state index in [0.29, 0.717) is 0 Å². The Kier molecular flexibility index (Phi) is 4.13. The molecule has 1 fully saturated rings. The van der Waals surface area contributed by atoms with Gasteiger partial charge in [-0.3, -0.25) is 4.90 Å². The zero-order valence-corrected chi connectivity index (χ0v) is 12.8. The molecule has 0 bridgehead atoms. The molecule has 2 heteroatoms. The number of fused-ring (bicyclic) bond motifs is 1. The molecule has 0 atom stereocenters. The largest absolute Gasteiger partial charge is 0.329 e. The van der Waals surface area contributed by atoms with Gasteiger partial charge < -0.3 is 5.73 Å². The summed E-state index contributed by atoms with van der Waals surface area (Å²) in [5.41, 5.74) is 9.52. The lowest BCUT2D eigenvalue weighted by molar-refractivity contribution is 0.0376. The van der Waals surface area contributed by atoms with Crippen molar-refractivity contribution < 1.29 is 0 Å². The molecule has 0 radical (unpaired) electrons. The highest BCUT2D eigenvalue weighted by Gasteiger charge is 2.41. The number of nitrogens with zero attached hydrogens (tertiary/aromatic N) is 1. The molecule has 1 heterocycles. The minimum absolute atomic E-state index is 0.267. The molecule has 1 aliphatic carbocycles. The van der Waals surface area contributed by atoms with E-state index < -0.39 is 0 Å². The van der Waals surface area contributed by atoms with Gasteiger partial charge in [0, 0.05) is 25.2 Å². The van der Waals surface area contributed by atoms with Crippen molar-refractivity contribution in [2.24, 2.45) is 11.7 Å². The Morgan fingerprint density at radius 2 is 1.75 bits per heavy atom. The monoisotopic (exact) mass is 272 g/mol. The molecule has 0 unspecified atom stereocenters. The van der Waals surface area contributed by atoms with Crippen molar-refractivity contribution in [1.82, 2.24) is 4.90 Å². The molecule has 2 nitrogen and oxygen atoms in total. The smallest absolute Gasteiger partial charge is 0.0339 e. The van der Waals surface area contributed by atoms with Crippen LogP contribution in [0.4, 0.5) is 0 Å². The van der Waals surface area contributed by atoms with E-state index in [2.05, 4.69) is 36.1 Å². The van der Waals surface area contributed by atoms with Gasteiger partial charge >= 0.3 is 0 Å². The van der Waals surface area contributed by atoms with Crippen molar-refractivity contribution in [3.05, 3.63) is 35.4 Å². The topological polar surface area (TPSA) is 29.3 Å². The summed E-state index contributed by atoms with van der Waals surface area (Å²) in [6, 6.07) is 8.88. The predicted octanol–water partition coefficient (Wildman–Crippen LogP) is 3.69. The van der Waals surface area contributed by atoms with Gasteiger partial charge in [0.25, 0.3) is 0 Å². The van der Waals surface area contributed by atoms with Crippen LogP contribution in [0.15, 0.2) is 24.3 Å². The number of hydrogen-bond acceptors (Lipinski definition) is 2. The number of nitrogens with two attached hydrogens (primary N) is 1. The van der Waals surface area contributed by atoms with Crippen LogP contribution in [0.3, 0.4) is 0 Å². The Labute approximate surface area is 123 Å². The first-order valence-electron chi connectivity index (χ1n) is 8.29. The third-order valence-electron chi connectivity index (χ3n) is 5.62. The van der Waals surface area contributed by atoms with Crippen LogP contribution in [-0.4, -0.2) is 17.0 Å². The molecule has 1 saturated carbocycles. The summed E-state index contributed by atoms with van der Waals surface area (Å²) in [5, 5.41) is 0. The van der Waals surface area contributed by atoms with Gasteiger partial charge in [0.1, 0.15) is 0 Å². The van der Waals surface area contributed by atoms with E-state index in [1.807, 2.05) is 0 Å². The fourth-order valence-corrected chi connectivity index (χ4v) is 4.23. The van der Waals surface area contributed by atoms with Crippen LogP contribution in [0.2, 0.25) is 0 Å². The fraction of sp³-hybridized carbons (Fsp3) is 0.667. The Balaban J connectivity index is 1.70. The predicted molar refractivity (Wildman–Crippen MR) is 84.3 cm³/mol. The number of benzene rings is 1. The lowest BCUT2D eigenvalue weighted by atomic mass is 9.74. The highest BCUT2D eigenvalue weighted by molar-refractivity contribution is 5.31. The molecule has 0 spiro atoms. The van der Waals surface area contributed by atoms with E-state index in [1.165, 1.54) is 49.7 Å². The van der Waals surface area contributed by atoms with Gasteiger partial charge in [0.2, 0.25) is 0 Å². The van der Waals surface area contributed by atoms with Crippen LogP contribution in [0.25, 0.3) is 0 Å². The highest BCUT2D eigenvalue weighted by Crippen LogP contribution is 2.41. The van der Waals surface area contributed by atoms with Crippen molar-refractivity contribution >= 4 is 0 Å². The molecular formula is C18H28N2. The van der Waals surface area contributed by atoms with E-state index >= 15 is 0 Å². The van der Waals surface area contributed by atoms with E-state index in [-0.39, 0.29) is 5.54 Å². The van der Waals surface area contributed by atoms with Crippen molar-refractivity contribution in [2.75, 3.05) is 6.54 Å². The Bertz CT molecular complexity index is 421. The van der Waals surface area contributed by atoms with Gasteiger partial charge in [-0.05, 0) is 42.7 Å². The van der Waals surface area contributed by atoms with Crippen LogP contribution in [-0.2, 0) is 13.1 Å². The van der Waals surface area contributed by atoms with Crippen molar-refractivity contribution in [2.45, 2.75) is 64.1 Å². The van der Waals surface area contributed by atoms with Gasteiger partial charge in [-0.25, -0.2) is 0 Å². The van der Waals surface area contributed by atoms with Crippen LogP contribution >= 0.6 is 0 Å². The van der Waals surface area contributed by atoms with Gasteiger partial charge in [0.05, 0.1) is 0 Å². The first kappa shape index (κ1) is 14.1. The van der Waals surface area contributed by atoms with Gasteiger partial charge in [-0.15, -0.1) is 0 Å². The third-order valence-corrected chi connectivity index (χ3v) is 5.62. The third kappa shape index (κ3) is 2.51. The Morgan fingerprint density at radius 1 is 1.15 bits per heavy atom. The molecule has 1 aromatic rings. The second-order valence-corrected chi connectivity index (χ2v) is 6.79. The molecule has 0 amide bonds. The first-order chi connectivity index (χ1) is 9.77. The number of hydrogen-bond donors (Lipinski definition) is 1. The van der Waals surface area contributed by atoms with Gasteiger partial charge in [0.15, 0.2) is 0 Å². The van der Waals surface area contributed by atoms with E-state index in [4.69, 9.17) is 5.73 Å². The molecule has 0 aromatic heterocycles. The standard InChI is InChI=1S/C18H28N2/c1-2-5-15-8-10-18(14-19,11-9-15)20-12-16-6-3-4-7-17(16)13-20/h3-4,6-7,15H,2,5,8-14,19H2,1H3. The van der Waals surface area contributed by atoms with E-state index in [1.54, 1.807) is 0 Å². The van der Waals surface area contributed by atoms with Crippen LogP contribution in [0, 0.1) is 5.92 Å². The van der Waals surface area contributed by atoms with Crippen LogP contribution in [0.1, 0.15) is 56.6 Å². The molecule has 1 aliphatic heterocycles. The average molecular weight is 272 g/mol. The summed E-state index contributed by atoms with van der Waals surface area (Å²) >= 11 is 0. The Morgan fingerprint density at radius 3 is 2.25 bits per heavy atom. The van der Waals surface area contributed by atoms with Crippen molar-refractivity contribution in [3.63, 3.8) is 0 Å². The number of rotatable bonds is 4. The molecule has 0 saturated heterocycles. The molecule has 110 valence electrons. The minimum atomic E-state index is 0.267. The van der Waals surface area contributed by atoms with E-state index in [9.17, 15) is 0 Å². The van der Waals surface area contributed by atoms with Crippen LogP contribution in [0.5, 0.6) is 0 Å². The zero-order valence-electron chi connectivity index (χ0n) is 12.8.